The molecule has 4 heterocycles. The van der Waals surface area contributed by atoms with Crippen LogP contribution in [0.2, 0.25) is 0 Å². The lowest BCUT2D eigenvalue weighted by Gasteiger charge is -2.10. The number of fused-ring (bicyclic) bond motifs is 1. The number of nitrogens with one attached hydrogen (secondary N) is 2. The Labute approximate surface area is 253 Å². The molecule has 0 aliphatic rings. The van der Waals surface area contributed by atoms with Crippen LogP contribution >= 0.6 is 0 Å². The van der Waals surface area contributed by atoms with Crippen LogP contribution in [0.25, 0.3) is 39.4 Å². The van der Waals surface area contributed by atoms with Crippen molar-refractivity contribution in [1.29, 1.82) is 0 Å². The van der Waals surface area contributed by atoms with Gasteiger partial charge < -0.3 is 20.2 Å². The highest BCUT2D eigenvalue weighted by atomic mass is 19.1. The molecule has 0 saturated heterocycles. The summed E-state index contributed by atoms with van der Waals surface area (Å²) in [6.07, 6.45) is 4.54. The molecule has 1 amide bonds. The summed E-state index contributed by atoms with van der Waals surface area (Å²) in [4.78, 5) is 34.8. The molecule has 45 heavy (non-hydrogen) atoms. The Morgan fingerprint density at radius 3 is 2.56 bits per heavy atom. The van der Waals surface area contributed by atoms with Crippen molar-refractivity contribution in [2.75, 3.05) is 11.1 Å². The van der Waals surface area contributed by atoms with E-state index >= 15 is 0 Å². The Morgan fingerprint density at radius 2 is 1.80 bits per heavy atom. The number of nitrogens with two attached hydrogens (primary N) is 1. The number of furan rings is 1. The lowest BCUT2D eigenvalue weighted by atomic mass is 10.0. The predicted octanol–water partition coefficient (Wildman–Crippen LogP) is 6.20. The van der Waals surface area contributed by atoms with E-state index in [2.05, 4.69) is 25.5 Å². The van der Waals surface area contributed by atoms with Gasteiger partial charge in [-0.15, -0.1) is 0 Å². The molecule has 0 saturated carbocycles. The summed E-state index contributed by atoms with van der Waals surface area (Å²) in [6, 6.07) is 24.1. The molecule has 0 aliphatic heterocycles. The lowest BCUT2D eigenvalue weighted by molar-refractivity contribution is 0.102. The van der Waals surface area contributed by atoms with Gasteiger partial charge in [-0.05, 0) is 84.4 Å². The van der Waals surface area contributed by atoms with E-state index in [4.69, 9.17) is 14.9 Å². The number of amides is 1. The lowest BCUT2D eigenvalue weighted by Crippen LogP contribution is -2.27. The second kappa shape index (κ2) is 11.3. The van der Waals surface area contributed by atoms with Gasteiger partial charge in [-0.25, -0.2) is 14.4 Å². The Bertz CT molecular complexity index is 2230. The second-order valence-corrected chi connectivity index (χ2v) is 9.90. The zero-order valence-corrected chi connectivity index (χ0v) is 23.3. The van der Waals surface area contributed by atoms with Crippen molar-refractivity contribution in [2.24, 2.45) is 0 Å². The van der Waals surface area contributed by atoms with Gasteiger partial charge in [0.15, 0.2) is 5.76 Å². The van der Waals surface area contributed by atoms with Crippen molar-refractivity contribution in [3.05, 3.63) is 131 Å². The summed E-state index contributed by atoms with van der Waals surface area (Å²) in [5.41, 5.74) is 9.21. The van der Waals surface area contributed by atoms with Crippen molar-refractivity contribution >= 4 is 28.4 Å². The van der Waals surface area contributed by atoms with E-state index in [1.165, 1.54) is 47.4 Å². The number of hydrogen-bond donors (Lipinski definition) is 3. The molecule has 0 bridgehead atoms. The fourth-order valence-electron chi connectivity index (χ4n) is 4.91. The molecule has 0 aliphatic carbocycles. The number of pyridine rings is 1. The monoisotopic (exact) mass is 599 g/mol. The maximum absolute atomic E-state index is 13.3. The average molecular weight is 600 g/mol. The zero-order chi connectivity index (χ0) is 30.9. The Hall–Kier alpha value is -6.56. The van der Waals surface area contributed by atoms with Crippen molar-refractivity contribution in [2.45, 2.75) is 0 Å². The Kier molecular flexibility index (Phi) is 6.83. The van der Waals surface area contributed by atoms with Crippen LogP contribution in [0.3, 0.4) is 0 Å². The first kappa shape index (κ1) is 27.3. The van der Waals surface area contributed by atoms with Gasteiger partial charge >= 0.3 is 0 Å². The molecule has 0 unspecified atom stereocenters. The highest BCUT2D eigenvalue weighted by Gasteiger charge is 2.24. The molecular formula is C33H22FN7O4. The molecule has 4 N–H and O–H groups in total. The van der Waals surface area contributed by atoms with E-state index in [9.17, 15) is 14.0 Å². The first-order valence-electron chi connectivity index (χ1n) is 13.6. The van der Waals surface area contributed by atoms with Crippen LogP contribution in [0.5, 0.6) is 11.6 Å². The summed E-state index contributed by atoms with van der Waals surface area (Å²) in [6.45, 7) is 0. The third-order valence-electron chi connectivity index (χ3n) is 6.99. The largest absolute Gasteiger partial charge is 0.438 e. The minimum atomic E-state index is -0.598. The normalized spacial score (nSPS) is 11.0. The average Bonchev–Trinajstić information content (AvgIpc) is 3.72. The van der Waals surface area contributed by atoms with Gasteiger partial charge in [-0.2, -0.15) is 5.10 Å². The van der Waals surface area contributed by atoms with Gasteiger partial charge in [-0.1, -0.05) is 12.1 Å². The molecule has 0 atom stereocenters. The Balaban J connectivity index is 1.17. The van der Waals surface area contributed by atoms with E-state index in [0.717, 1.165) is 5.56 Å². The number of carbonyl (C=O) groups is 1. The summed E-state index contributed by atoms with van der Waals surface area (Å²) in [7, 11) is 0. The number of nitrogen functional groups attached to an aromatic ring is 1. The number of carbonyl (C=O) groups excluding carboxylic acids is 1. The highest BCUT2D eigenvalue weighted by Crippen LogP contribution is 2.44. The number of aromatic amines is 1. The van der Waals surface area contributed by atoms with Crippen LogP contribution in [0.4, 0.5) is 15.8 Å². The number of anilines is 2. The molecule has 4 aromatic heterocycles. The van der Waals surface area contributed by atoms with Crippen molar-refractivity contribution < 1.29 is 18.3 Å². The molecule has 3 aromatic carbocycles. The Morgan fingerprint density at radius 1 is 0.978 bits per heavy atom. The second-order valence-electron chi connectivity index (χ2n) is 9.90. The molecule has 220 valence electrons. The van der Waals surface area contributed by atoms with Gasteiger partial charge in [-0.3, -0.25) is 19.3 Å². The number of rotatable bonds is 7. The molecule has 0 spiro atoms. The summed E-state index contributed by atoms with van der Waals surface area (Å²) in [5.74, 6) is 0.110. The first-order chi connectivity index (χ1) is 21.9. The van der Waals surface area contributed by atoms with Crippen molar-refractivity contribution in [3.8, 4) is 39.9 Å². The minimum absolute atomic E-state index is 0.0766. The van der Waals surface area contributed by atoms with Gasteiger partial charge in [0.2, 0.25) is 11.6 Å². The van der Waals surface area contributed by atoms with E-state index in [1.54, 1.807) is 48.7 Å². The number of nitrogens with zero attached hydrogens (tertiary/aromatic N) is 4. The number of hydrogen-bond acceptors (Lipinski definition) is 8. The number of H-pyrrole nitrogens is 1. The third-order valence-corrected chi connectivity index (χ3v) is 6.99. The van der Waals surface area contributed by atoms with Crippen LogP contribution in [-0.2, 0) is 0 Å². The van der Waals surface area contributed by atoms with Crippen LogP contribution in [0.15, 0.2) is 119 Å². The minimum Gasteiger partial charge on any atom is -0.438 e. The summed E-state index contributed by atoms with van der Waals surface area (Å²) >= 11 is 0. The van der Waals surface area contributed by atoms with Crippen molar-refractivity contribution in [3.63, 3.8) is 0 Å². The molecule has 7 rings (SSSR count). The van der Waals surface area contributed by atoms with Gasteiger partial charge in [0.05, 0.1) is 0 Å². The quantitative estimate of drug-likeness (QED) is 0.183. The third kappa shape index (κ3) is 5.27. The summed E-state index contributed by atoms with van der Waals surface area (Å²) in [5, 5.41) is 10.3. The SMILES string of the molecule is Nc1cccc(-c2c(-c3cc[nH]n3)oc3ncnc(Oc4ccc(NC(=O)c5cccn(-c6ccc(F)cc6)c5=O)cc4)c23)c1. The first-order valence-corrected chi connectivity index (χ1v) is 13.6. The van der Waals surface area contributed by atoms with Crippen molar-refractivity contribution in [1.82, 2.24) is 24.7 Å². The van der Waals surface area contributed by atoms with Gasteiger partial charge in [0.25, 0.3) is 11.5 Å². The van der Waals surface area contributed by atoms with Crippen LogP contribution in [-0.4, -0.2) is 30.6 Å². The number of ether oxygens (including phenoxy) is 1. The zero-order valence-electron chi connectivity index (χ0n) is 23.3. The molecule has 0 radical (unpaired) electrons. The van der Waals surface area contributed by atoms with E-state index in [-0.39, 0.29) is 11.4 Å². The van der Waals surface area contributed by atoms with Crippen LogP contribution < -0.4 is 21.3 Å². The van der Waals surface area contributed by atoms with E-state index in [1.807, 2.05) is 18.2 Å². The van der Waals surface area contributed by atoms with Crippen LogP contribution in [0, 0.1) is 5.82 Å². The maximum Gasteiger partial charge on any atom is 0.267 e. The standard InChI is InChI=1S/C33H22FN7O4/c34-20-6-10-23(11-7-20)41-16-2-5-25(33(41)43)30(42)39-22-8-12-24(13-9-22)44-31-28-27(19-3-1-4-21(35)17-19)29(26-14-15-38-40-26)45-32(28)37-18-36-31/h1-18H,35H2,(H,38,40)(H,39,42). The van der Waals surface area contributed by atoms with Gasteiger partial charge in [0.1, 0.15) is 34.5 Å². The van der Waals surface area contributed by atoms with E-state index in [0.29, 0.717) is 50.9 Å². The number of halogens is 1. The number of benzene rings is 3. The topological polar surface area (TPSA) is 154 Å². The maximum atomic E-state index is 13.3. The molecular weight excluding hydrogens is 577 g/mol. The smallest absolute Gasteiger partial charge is 0.267 e. The van der Waals surface area contributed by atoms with Gasteiger partial charge in [0, 0.05) is 35.0 Å². The van der Waals surface area contributed by atoms with E-state index < -0.39 is 17.3 Å². The number of aromatic nitrogens is 5. The predicted molar refractivity (Wildman–Crippen MR) is 166 cm³/mol. The molecule has 11 nitrogen and oxygen atoms in total. The molecule has 12 heteroatoms. The highest BCUT2D eigenvalue weighted by molar-refractivity contribution is 6.04. The fraction of sp³-hybridized carbons (Fsp3) is 0. The molecule has 0 fully saturated rings. The molecule has 7 aromatic rings. The summed E-state index contributed by atoms with van der Waals surface area (Å²) < 4.78 is 26.9. The van der Waals surface area contributed by atoms with Crippen LogP contribution in [0.1, 0.15) is 10.4 Å². The fourth-order valence-corrected chi connectivity index (χ4v) is 4.91.